The van der Waals surface area contributed by atoms with E-state index in [-0.39, 0.29) is 10.8 Å². The van der Waals surface area contributed by atoms with Gasteiger partial charge in [0.2, 0.25) is 5.03 Å². The Labute approximate surface area is 76.1 Å². The van der Waals surface area contributed by atoms with Crippen molar-refractivity contribution in [2.75, 3.05) is 17.6 Å². The van der Waals surface area contributed by atoms with Crippen molar-refractivity contribution in [2.24, 2.45) is 0 Å². The first kappa shape index (κ1) is 8.43. The molecule has 0 radical (unpaired) electrons. The van der Waals surface area contributed by atoms with E-state index in [1.165, 1.54) is 6.20 Å². The van der Waals surface area contributed by atoms with Crippen LogP contribution in [-0.2, 0) is 9.84 Å². The molecule has 13 heavy (non-hydrogen) atoms. The number of hydrogen-bond donors (Lipinski definition) is 1. The van der Waals surface area contributed by atoms with Crippen LogP contribution in [0.4, 0.5) is 5.69 Å². The smallest absolute Gasteiger partial charge is 0.200 e. The predicted molar refractivity (Wildman–Crippen MR) is 47.2 cm³/mol. The molecule has 0 spiro atoms. The molecular formula is C7H9N3O2S. The summed E-state index contributed by atoms with van der Waals surface area (Å²) < 4.78 is 23.1. The molecule has 2 heterocycles. The number of hydrogen-bond acceptors (Lipinski definition) is 5. The van der Waals surface area contributed by atoms with Gasteiger partial charge in [0, 0.05) is 6.54 Å². The SMILES string of the molecule is O=S1(=O)CCCNc2ccnnc21. The minimum absolute atomic E-state index is 0.0764. The van der Waals surface area contributed by atoms with Crippen LogP contribution in [0.3, 0.4) is 0 Å². The van der Waals surface area contributed by atoms with Gasteiger partial charge in [0.25, 0.3) is 0 Å². The quantitative estimate of drug-likeness (QED) is 0.640. The van der Waals surface area contributed by atoms with E-state index in [0.29, 0.717) is 18.7 Å². The van der Waals surface area contributed by atoms with Gasteiger partial charge in [0.1, 0.15) is 0 Å². The number of sulfone groups is 1. The normalized spacial score (nSPS) is 19.7. The average molecular weight is 199 g/mol. The molecule has 0 amide bonds. The highest BCUT2D eigenvalue weighted by Crippen LogP contribution is 2.21. The first-order chi connectivity index (χ1) is 6.20. The Hall–Kier alpha value is -1.17. The minimum Gasteiger partial charge on any atom is -0.383 e. The van der Waals surface area contributed by atoms with Crippen molar-refractivity contribution in [2.45, 2.75) is 11.4 Å². The third-order valence-corrected chi connectivity index (χ3v) is 3.60. The summed E-state index contributed by atoms with van der Waals surface area (Å²) in [6, 6.07) is 1.63. The van der Waals surface area contributed by atoms with Crippen LogP contribution in [0.1, 0.15) is 6.42 Å². The van der Waals surface area contributed by atoms with Crippen molar-refractivity contribution < 1.29 is 8.42 Å². The van der Waals surface area contributed by atoms with Crippen molar-refractivity contribution in [3.8, 4) is 0 Å². The molecule has 0 saturated heterocycles. The Morgan fingerprint density at radius 1 is 1.46 bits per heavy atom. The second kappa shape index (κ2) is 2.95. The number of aromatic nitrogens is 2. The van der Waals surface area contributed by atoms with E-state index in [2.05, 4.69) is 15.5 Å². The van der Waals surface area contributed by atoms with E-state index in [9.17, 15) is 8.42 Å². The maximum atomic E-state index is 11.6. The molecule has 1 aliphatic rings. The number of fused-ring (bicyclic) bond motifs is 1. The number of nitrogens with one attached hydrogen (secondary N) is 1. The summed E-state index contributed by atoms with van der Waals surface area (Å²) in [4.78, 5) is 0. The van der Waals surface area contributed by atoms with Gasteiger partial charge in [0.05, 0.1) is 17.6 Å². The molecule has 2 rings (SSSR count). The lowest BCUT2D eigenvalue weighted by atomic mass is 10.4. The largest absolute Gasteiger partial charge is 0.383 e. The van der Waals surface area contributed by atoms with Crippen LogP contribution < -0.4 is 5.32 Å². The summed E-state index contributed by atoms with van der Waals surface area (Å²) in [7, 11) is -3.21. The van der Waals surface area contributed by atoms with Crippen LogP contribution in [0, 0.1) is 0 Å². The van der Waals surface area contributed by atoms with Crippen molar-refractivity contribution >= 4 is 15.5 Å². The van der Waals surface area contributed by atoms with Crippen LogP contribution in [0.5, 0.6) is 0 Å². The lowest BCUT2D eigenvalue weighted by Crippen LogP contribution is -2.08. The Morgan fingerprint density at radius 2 is 2.31 bits per heavy atom. The Kier molecular flexibility index (Phi) is 1.91. The van der Waals surface area contributed by atoms with Crippen LogP contribution in [0.15, 0.2) is 17.3 Å². The molecule has 70 valence electrons. The topological polar surface area (TPSA) is 72.0 Å². The number of anilines is 1. The zero-order valence-electron chi connectivity index (χ0n) is 6.90. The first-order valence-electron chi connectivity index (χ1n) is 3.98. The highest BCUT2D eigenvalue weighted by atomic mass is 32.2. The van der Waals surface area contributed by atoms with Gasteiger partial charge >= 0.3 is 0 Å². The summed E-state index contributed by atoms with van der Waals surface area (Å²) in [5.41, 5.74) is 0.563. The Balaban J connectivity index is 2.62. The van der Waals surface area contributed by atoms with Gasteiger partial charge < -0.3 is 5.32 Å². The van der Waals surface area contributed by atoms with E-state index in [1.54, 1.807) is 6.07 Å². The molecule has 0 aromatic carbocycles. The van der Waals surface area contributed by atoms with Crippen LogP contribution >= 0.6 is 0 Å². The molecule has 1 aliphatic heterocycles. The van der Waals surface area contributed by atoms with E-state index in [4.69, 9.17) is 0 Å². The molecule has 6 heteroatoms. The van der Waals surface area contributed by atoms with Gasteiger partial charge in [-0.2, -0.15) is 5.10 Å². The Bertz CT molecular complexity index is 416. The van der Waals surface area contributed by atoms with E-state index >= 15 is 0 Å². The lowest BCUT2D eigenvalue weighted by Gasteiger charge is -2.02. The monoisotopic (exact) mass is 199 g/mol. The van der Waals surface area contributed by atoms with E-state index < -0.39 is 9.84 Å². The molecule has 5 nitrogen and oxygen atoms in total. The molecule has 1 aromatic rings. The molecular weight excluding hydrogens is 190 g/mol. The van der Waals surface area contributed by atoms with Crippen molar-refractivity contribution in [1.82, 2.24) is 10.2 Å². The summed E-state index contributed by atoms with van der Waals surface area (Å²) >= 11 is 0. The van der Waals surface area contributed by atoms with Crippen LogP contribution in [0.2, 0.25) is 0 Å². The Morgan fingerprint density at radius 3 is 3.15 bits per heavy atom. The highest BCUT2D eigenvalue weighted by molar-refractivity contribution is 7.91. The first-order valence-corrected chi connectivity index (χ1v) is 5.64. The standard InChI is InChI=1S/C7H9N3O2S/c11-13(12)5-1-3-8-6-2-4-9-10-7(6)13/h2,4,8H,1,3,5H2. The summed E-state index contributed by atoms with van der Waals surface area (Å²) in [6.07, 6.45) is 2.09. The maximum absolute atomic E-state index is 11.6. The second-order valence-corrected chi connectivity index (χ2v) is 4.87. The zero-order chi connectivity index (χ0) is 9.31. The fourth-order valence-electron chi connectivity index (χ4n) is 1.26. The van der Waals surface area contributed by atoms with Gasteiger partial charge in [-0.1, -0.05) is 0 Å². The van der Waals surface area contributed by atoms with Crippen LogP contribution in [0.25, 0.3) is 0 Å². The van der Waals surface area contributed by atoms with Gasteiger partial charge in [-0.3, -0.25) is 0 Å². The summed E-state index contributed by atoms with van der Waals surface area (Å²) in [5.74, 6) is 0.145. The van der Waals surface area contributed by atoms with Gasteiger partial charge in [-0.15, -0.1) is 5.10 Å². The van der Waals surface area contributed by atoms with Gasteiger partial charge in [0.15, 0.2) is 9.84 Å². The van der Waals surface area contributed by atoms with Crippen LogP contribution in [-0.4, -0.2) is 30.9 Å². The third kappa shape index (κ3) is 1.49. The fourth-order valence-corrected chi connectivity index (χ4v) is 2.63. The van der Waals surface area contributed by atoms with Crippen molar-refractivity contribution in [3.05, 3.63) is 12.3 Å². The maximum Gasteiger partial charge on any atom is 0.200 e. The van der Waals surface area contributed by atoms with Gasteiger partial charge in [-0.25, -0.2) is 8.42 Å². The van der Waals surface area contributed by atoms with E-state index in [1.807, 2.05) is 0 Å². The highest BCUT2D eigenvalue weighted by Gasteiger charge is 2.23. The molecule has 0 atom stereocenters. The second-order valence-electron chi connectivity index (χ2n) is 2.85. The fraction of sp³-hybridized carbons (Fsp3) is 0.429. The summed E-state index contributed by atoms with van der Waals surface area (Å²) in [5, 5.41) is 10.3. The van der Waals surface area contributed by atoms with Crippen molar-refractivity contribution in [1.29, 1.82) is 0 Å². The molecule has 1 N–H and O–H groups in total. The van der Waals surface area contributed by atoms with E-state index in [0.717, 1.165) is 0 Å². The zero-order valence-corrected chi connectivity index (χ0v) is 7.71. The molecule has 0 unspecified atom stereocenters. The molecule has 0 fully saturated rings. The number of nitrogens with zero attached hydrogens (tertiary/aromatic N) is 2. The van der Waals surface area contributed by atoms with Gasteiger partial charge in [-0.05, 0) is 12.5 Å². The lowest BCUT2D eigenvalue weighted by molar-refractivity contribution is 0.590. The average Bonchev–Trinajstić information content (AvgIpc) is 2.26. The van der Waals surface area contributed by atoms with Crippen molar-refractivity contribution in [3.63, 3.8) is 0 Å². The molecule has 1 aromatic heterocycles. The molecule has 0 bridgehead atoms. The predicted octanol–water partition coefficient (Wildman–Crippen LogP) is 0.0659. The molecule has 0 aliphatic carbocycles. The third-order valence-electron chi connectivity index (χ3n) is 1.89. The summed E-state index contributed by atoms with van der Waals surface area (Å²) in [6.45, 7) is 0.665. The minimum atomic E-state index is -3.21. The molecule has 0 saturated carbocycles. The number of rotatable bonds is 0.